The summed E-state index contributed by atoms with van der Waals surface area (Å²) < 4.78 is 0. The third kappa shape index (κ3) is 5.04. The van der Waals surface area contributed by atoms with Gasteiger partial charge in [0.25, 0.3) is 0 Å². The van der Waals surface area contributed by atoms with Crippen LogP contribution < -0.4 is 52.8 Å². The molecular weight excluding hydrogens is 507 g/mol. The third-order valence-corrected chi connectivity index (χ3v) is 11.9. The van der Waals surface area contributed by atoms with Gasteiger partial charge in [-0.15, -0.1) is 0 Å². The van der Waals surface area contributed by atoms with Gasteiger partial charge >= 0.3 is 21.7 Å². The maximum atomic E-state index is 2.65. The standard InChI is InChI=1S/C27H25Si.3ClH.Ti/c1-4-13-23(14-5-1)28(24-15-6-2-7-16-24,25-17-8-3-9-18-25)27-21-20-22-12-10-11-19-26(22)27;;;;/h1-19,21-22,26-27H,20H2;3*1H;/q-1;;;;+4/p-3. The monoisotopic (exact) mass is 530 g/mol. The molecule has 3 aromatic rings. The molecule has 32 heavy (non-hydrogen) atoms. The van der Waals surface area contributed by atoms with E-state index in [1.807, 2.05) is 0 Å². The average Bonchev–Trinajstić information content (AvgIpc) is 3.21. The number of allylic oxidation sites excluding steroid dienone is 4. The number of halogens is 3. The number of benzene rings is 3. The van der Waals surface area contributed by atoms with E-state index in [0.29, 0.717) is 17.4 Å². The molecule has 0 N–H and O–H groups in total. The minimum atomic E-state index is -2.24. The second-order valence-corrected chi connectivity index (χ2v) is 11.9. The molecule has 0 spiro atoms. The van der Waals surface area contributed by atoms with Gasteiger partial charge in [0.15, 0.2) is 0 Å². The first-order valence-corrected chi connectivity index (χ1v) is 12.3. The molecule has 5 heteroatoms. The van der Waals surface area contributed by atoms with Crippen molar-refractivity contribution in [3.63, 3.8) is 0 Å². The fourth-order valence-corrected chi connectivity index (χ4v) is 11.1. The summed E-state index contributed by atoms with van der Waals surface area (Å²) in [6, 6.07) is 33.9. The van der Waals surface area contributed by atoms with Crippen LogP contribution >= 0.6 is 0 Å². The Morgan fingerprint density at radius 1 is 0.594 bits per heavy atom. The normalized spacial score (nSPS) is 20.6. The van der Waals surface area contributed by atoms with Crippen LogP contribution in [0.3, 0.4) is 0 Å². The fourth-order valence-electron chi connectivity index (χ4n) is 5.40. The molecule has 0 saturated heterocycles. The minimum absolute atomic E-state index is 0. The van der Waals surface area contributed by atoms with E-state index in [1.54, 1.807) is 0 Å². The Labute approximate surface area is 226 Å². The molecule has 3 aromatic carbocycles. The summed E-state index contributed by atoms with van der Waals surface area (Å²) in [5, 5.41) is 4.53. The van der Waals surface area contributed by atoms with Crippen molar-refractivity contribution in [1.29, 1.82) is 0 Å². The van der Waals surface area contributed by atoms with Gasteiger partial charge in [0.1, 0.15) is 8.07 Å². The van der Waals surface area contributed by atoms with Crippen LogP contribution in [0, 0.1) is 18.3 Å². The van der Waals surface area contributed by atoms with Crippen LogP contribution in [0.4, 0.5) is 0 Å². The smallest absolute Gasteiger partial charge is 1.00 e. The predicted molar refractivity (Wildman–Crippen MR) is 122 cm³/mol. The number of hydrogen-bond donors (Lipinski definition) is 0. The summed E-state index contributed by atoms with van der Waals surface area (Å²) in [5.74, 6) is 1.22. The van der Waals surface area contributed by atoms with Crippen molar-refractivity contribution in [3.8, 4) is 0 Å². The summed E-state index contributed by atoms with van der Waals surface area (Å²) in [6.45, 7) is 0. The van der Waals surface area contributed by atoms with Crippen LogP contribution in [-0.2, 0) is 21.7 Å². The molecule has 1 saturated carbocycles. The molecule has 2 aliphatic carbocycles. The van der Waals surface area contributed by atoms with Gasteiger partial charge in [-0.2, -0.15) is 12.0 Å². The maximum Gasteiger partial charge on any atom is 4.00 e. The van der Waals surface area contributed by atoms with Crippen molar-refractivity contribution >= 4 is 23.6 Å². The SMILES string of the molecule is C1=CC2C[CH-]C([Si](c3ccccc3)(c3ccccc3)c3ccccc3)C2C=C1.[Cl-].[Cl-].[Cl-].[Ti+4]. The Morgan fingerprint density at radius 2 is 1.00 bits per heavy atom. The first-order chi connectivity index (χ1) is 13.9. The van der Waals surface area contributed by atoms with Gasteiger partial charge in [0.05, 0.1) is 0 Å². The van der Waals surface area contributed by atoms with E-state index in [2.05, 4.69) is 122 Å². The van der Waals surface area contributed by atoms with E-state index in [-0.39, 0.29) is 58.9 Å². The zero-order valence-electron chi connectivity index (χ0n) is 17.6. The summed E-state index contributed by atoms with van der Waals surface area (Å²) in [6.07, 6.45) is 13.2. The summed E-state index contributed by atoms with van der Waals surface area (Å²) in [5.41, 5.74) is 0.547. The Morgan fingerprint density at radius 3 is 1.44 bits per heavy atom. The number of hydrogen-bond acceptors (Lipinski definition) is 0. The van der Waals surface area contributed by atoms with Crippen LogP contribution in [0.2, 0.25) is 5.54 Å². The molecule has 1 fully saturated rings. The molecule has 0 heterocycles. The topological polar surface area (TPSA) is 0 Å². The molecule has 0 radical (unpaired) electrons. The largest absolute Gasteiger partial charge is 4.00 e. The fraction of sp³-hybridized carbons (Fsp3) is 0.148. The molecule has 5 rings (SSSR count). The van der Waals surface area contributed by atoms with Gasteiger partial charge in [-0.1, -0.05) is 131 Å². The molecule has 0 amide bonds. The van der Waals surface area contributed by atoms with Crippen molar-refractivity contribution < 1.29 is 58.9 Å². The summed E-state index contributed by atoms with van der Waals surface area (Å²) in [4.78, 5) is 0. The van der Waals surface area contributed by atoms with E-state index in [4.69, 9.17) is 0 Å². The van der Waals surface area contributed by atoms with Crippen LogP contribution in [-0.4, -0.2) is 8.07 Å². The van der Waals surface area contributed by atoms with E-state index < -0.39 is 8.07 Å². The Hall–Kier alpha value is -1.06. The quantitative estimate of drug-likeness (QED) is 0.181. The Kier molecular flexibility index (Phi) is 11.8. The van der Waals surface area contributed by atoms with Gasteiger partial charge in [-0.3, -0.25) is 0 Å². The van der Waals surface area contributed by atoms with Crippen LogP contribution in [0.25, 0.3) is 0 Å². The molecule has 2 aliphatic rings. The molecule has 162 valence electrons. The van der Waals surface area contributed by atoms with Crippen molar-refractivity contribution in [2.24, 2.45) is 11.8 Å². The second kappa shape index (κ2) is 13.0. The van der Waals surface area contributed by atoms with Crippen molar-refractivity contribution in [1.82, 2.24) is 0 Å². The zero-order chi connectivity index (χ0) is 18.8. The first kappa shape index (κ1) is 29.0. The molecule has 0 nitrogen and oxygen atoms in total. The second-order valence-electron chi connectivity index (χ2n) is 7.91. The van der Waals surface area contributed by atoms with Gasteiger partial charge < -0.3 is 43.6 Å². The molecule has 3 unspecified atom stereocenters. The van der Waals surface area contributed by atoms with Crippen molar-refractivity contribution in [3.05, 3.63) is 122 Å². The summed E-state index contributed by atoms with van der Waals surface area (Å²) in [7, 11) is -2.24. The average molecular weight is 532 g/mol. The van der Waals surface area contributed by atoms with Crippen molar-refractivity contribution in [2.45, 2.75) is 12.0 Å². The van der Waals surface area contributed by atoms with E-state index in [0.717, 1.165) is 0 Å². The van der Waals surface area contributed by atoms with Gasteiger partial charge in [0, 0.05) is 0 Å². The van der Waals surface area contributed by atoms with E-state index in [9.17, 15) is 0 Å². The zero-order valence-corrected chi connectivity index (χ0v) is 22.4. The Bertz CT molecular complexity index is 897. The predicted octanol–water partition coefficient (Wildman–Crippen LogP) is -4.50. The van der Waals surface area contributed by atoms with E-state index >= 15 is 0 Å². The molecule has 0 bridgehead atoms. The number of fused-ring (bicyclic) bond motifs is 1. The van der Waals surface area contributed by atoms with E-state index in [1.165, 1.54) is 22.0 Å². The van der Waals surface area contributed by atoms with Gasteiger partial charge in [-0.25, -0.2) is 0 Å². The minimum Gasteiger partial charge on any atom is -1.00 e. The van der Waals surface area contributed by atoms with Crippen LogP contribution in [0.5, 0.6) is 0 Å². The Balaban J connectivity index is 0.00000128. The molecular formula is C27H25Cl3SiTi. The van der Waals surface area contributed by atoms with Gasteiger partial charge in [-0.05, 0) is 11.8 Å². The molecule has 0 aromatic heterocycles. The van der Waals surface area contributed by atoms with Gasteiger partial charge in [0.2, 0.25) is 0 Å². The maximum absolute atomic E-state index is 2.65. The van der Waals surface area contributed by atoms with Crippen molar-refractivity contribution in [2.75, 3.05) is 0 Å². The number of rotatable bonds is 4. The molecule has 0 aliphatic heterocycles. The third-order valence-electron chi connectivity index (χ3n) is 6.56. The van der Waals surface area contributed by atoms with Crippen LogP contribution in [0.15, 0.2) is 115 Å². The van der Waals surface area contributed by atoms with Crippen LogP contribution in [0.1, 0.15) is 6.42 Å². The first-order valence-electron chi connectivity index (χ1n) is 10.3. The molecule has 3 atom stereocenters. The summed E-state index contributed by atoms with van der Waals surface area (Å²) >= 11 is 0.